The molecule has 1 aromatic rings. The molecule has 3 saturated heterocycles. The summed E-state index contributed by atoms with van der Waals surface area (Å²) < 4.78 is 5.75. The molecular weight excluding hydrogens is 368 g/mol. The van der Waals surface area contributed by atoms with Gasteiger partial charge in [0.25, 0.3) is 0 Å². The van der Waals surface area contributed by atoms with Crippen LogP contribution in [0.4, 0.5) is 0 Å². The van der Waals surface area contributed by atoms with Crippen LogP contribution in [0.25, 0.3) is 0 Å². The Morgan fingerprint density at radius 3 is 2.72 bits per heavy atom. The first kappa shape index (κ1) is 20.3. The van der Waals surface area contributed by atoms with E-state index in [0.29, 0.717) is 26.2 Å². The smallest absolute Gasteiger partial charge is 0.312 e. The molecule has 29 heavy (non-hydrogen) atoms. The minimum absolute atomic E-state index is 0.0217. The van der Waals surface area contributed by atoms with Crippen LogP contribution in [0, 0.1) is 5.41 Å². The van der Waals surface area contributed by atoms with Crippen molar-refractivity contribution in [2.45, 2.75) is 44.8 Å². The van der Waals surface area contributed by atoms with E-state index in [-0.39, 0.29) is 23.4 Å². The summed E-state index contributed by atoms with van der Waals surface area (Å²) >= 11 is 0. The summed E-state index contributed by atoms with van der Waals surface area (Å²) in [5.74, 6) is 0.0914. The number of aromatic nitrogens is 1. The number of likely N-dealkylation sites (tertiary alicyclic amines) is 2. The van der Waals surface area contributed by atoms with Crippen LogP contribution in [-0.2, 0) is 20.9 Å². The molecular formula is C22H32N4O3. The number of hydrogen-bond donors (Lipinski definition) is 0. The Bertz CT molecular complexity index is 712. The van der Waals surface area contributed by atoms with Gasteiger partial charge < -0.3 is 9.64 Å². The summed E-state index contributed by atoms with van der Waals surface area (Å²) in [5.41, 5.74) is 0.723. The van der Waals surface area contributed by atoms with E-state index >= 15 is 0 Å². The number of likely N-dealkylation sites (N-methyl/N-ethyl adjacent to an activating group) is 1. The molecule has 1 atom stereocenters. The Hall–Kier alpha value is -1.99. The number of carbonyl (C=O) groups is 2. The Kier molecular flexibility index (Phi) is 6.15. The van der Waals surface area contributed by atoms with Gasteiger partial charge >= 0.3 is 5.97 Å². The zero-order valence-electron chi connectivity index (χ0n) is 17.4. The van der Waals surface area contributed by atoms with Crippen molar-refractivity contribution in [1.82, 2.24) is 19.7 Å². The average molecular weight is 401 g/mol. The molecule has 0 aliphatic carbocycles. The summed E-state index contributed by atoms with van der Waals surface area (Å²) in [6.45, 7) is 5.48. The van der Waals surface area contributed by atoms with Crippen LogP contribution in [0.5, 0.6) is 0 Å². The lowest BCUT2D eigenvalue weighted by molar-refractivity contribution is -0.153. The molecule has 4 heterocycles. The van der Waals surface area contributed by atoms with Gasteiger partial charge in [-0.3, -0.25) is 24.4 Å². The van der Waals surface area contributed by atoms with E-state index in [1.54, 1.807) is 6.20 Å². The lowest BCUT2D eigenvalue weighted by atomic mass is 9.76. The molecule has 7 heteroatoms. The van der Waals surface area contributed by atoms with Gasteiger partial charge in [-0.2, -0.15) is 0 Å². The van der Waals surface area contributed by atoms with E-state index in [2.05, 4.69) is 9.88 Å². The van der Waals surface area contributed by atoms with E-state index in [4.69, 9.17) is 4.74 Å². The van der Waals surface area contributed by atoms with Gasteiger partial charge in [0.2, 0.25) is 5.91 Å². The van der Waals surface area contributed by atoms with Crippen molar-refractivity contribution in [3.05, 3.63) is 30.1 Å². The Balaban J connectivity index is 1.25. The van der Waals surface area contributed by atoms with E-state index in [9.17, 15) is 9.59 Å². The summed E-state index contributed by atoms with van der Waals surface area (Å²) in [6, 6.07) is 3.93. The third kappa shape index (κ3) is 4.78. The molecule has 0 aromatic carbocycles. The van der Waals surface area contributed by atoms with Gasteiger partial charge in [-0.05, 0) is 57.5 Å². The maximum atomic E-state index is 12.7. The zero-order chi connectivity index (χ0) is 20.3. The van der Waals surface area contributed by atoms with E-state index in [1.807, 2.05) is 35.2 Å². The molecule has 0 bridgehead atoms. The van der Waals surface area contributed by atoms with Crippen molar-refractivity contribution < 1.29 is 14.3 Å². The molecule has 1 amide bonds. The second-order valence-electron chi connectivity index (χ2n) is 8.93. The maximum Gasteiger partial charge on any atom is 0.312 e. The minimum Gasteiger partial charge on any atom is -0.461 e. The second-order valence-corrected chi connectivity index (χ2v) is 8.93. The number of carbonyl (C=O) groups excluding carboxylic acids is 2. The monoisotopic (exact) mass is 400 g/mol. The van der Waals surface area contributed by atoms with Gasteiger partial charge in [0.05, 0.1) is 12.0 Å². The first-order chi connectivity index (χ1) is 14.0. The van der Waals surface area contributed by atoms with E-state index in [1.165, 1.54) is 12.8 Å². The van der Waals surface area contributed by atoms with Gasteiger partial charge in [-0.25, -0.2) is 0 Å². The summed E-state index contributed by atoms with van der Waals surface area (Å²) in [6.07, 6.45) is 8.36. The second kappa shape index (κ2) is 8.79. The number of cyclic esters (lactones) is 1. The van der Waals surface area contributed by atoms with E-state index < -0.39 is 0 Å². The first-order valence-corrected chi connectivity index (χ1v) is 10.8. The standard InChI is InChI=1S/C22H32N4O3/c1-24(15-18-5-4-8-23-14-18)17-20(27)26-11-6-22(7-12-26)13-19(29-21(22)28)16-25-9-2-3-10-25/h4-5,8,14,19H,2-3,6-7,9-13,15-17H2,1H3. The van der Waals surface area contributed by atoms with Gasteiger partial charge in [-0.1, -0.05) is 6.07 Å². The predicted molar refractivity (Wildman–Crippen MR) is 109 cm³/mol. The third-order valence-corrected chi connectivity index (χ3v) is 6.64. The summed E-state index contributed by atoms with van der Waals surface area (Å²) in [4.78, 5) is 35.8. The molecule has 1 aromatic heterocycles. The Labute approximate surface area is 173 Å². The maximum absolute atomic E-state index is 12.7. The number of rotatable bonds is 6. The summed E-state index contributed by atoms with van der Waals surface area (Å²) in [7, 11) is 1.95. The van der Waals surface area contributed by atoms with Crippen LogP contribution >= 0.6 is 0 Å². The molecule has 0 radical (unpaired) electrons. The molecule has 3 aliphatic rings. The molecule has 158 valence electrons. The predicted octanol–water partition coefficient (Wildman–Crippen LogP) is 1.53. The molecule has 1 spiro atoms. The van der Waals surface area contributed by atoms with Crippen LogP contribution in [0.2, 0.25) is 0 Å². The SMILES string of the molecule is CN(CC(=O)N1CCC2(CC1)CC(CN1CCCC1)OC2=O)Cc1cccnc1. The fourth-order valence-corrected chi connectivity index (χ4v) is 4.97. The van der Waals surface area contributed by atoms with Crippen LogP contribution in [0.3, 0.4) is 0 Å². The fourth-order valence-electron chi connectivity index (χ4n) is 4.97. The van der Waals surface area contributed by atoms with Crippen molar-refractivity contribution in [2.75, 3.05) is 46.3 Å². The zero-order valence-corrected chi connectivity index (χ0v) is 17.4. The van der Waals surface area contributed by atoms with Crippen LogP contribution in [0.1, 0.15) is 37.7 Å². The van der Waals surface area contributed by atoms with Crippen molar-refractivity contribution in [1.29, 1.82) is 0 Å². The largest absolute Gasteiger partial charge is 0.461 e. The van der Waals surface area contributed by atoms with Crippen molar-refractivity contribution in [3.8, 4) is 0 Å². The topological polar surface area (TPSA) is 66.0 Å². The number of nitrogens with zero attached hydrogens (tertiary/aromatic N) is 4. The normalized spacial score (nSPS) is 24.4. The summed E-state index contributed by atoms with van der Waals surface area (Å²) in [5, 5.41) is 0. The van der Waals surface area contributed by atoms with Gasteiger partial charge in [0, 0.05) is 45.0 Å². The first-order valence-electron chi connectivity index (χ1n) is 10.8. The number of ether oxygens (including phenoxy) is 1. The molecule has 7 nitrogen and oxygen atoms in total. The highest BCUT2D eigenvalue weighted by Gasteiger charge is 2.51. The quantitative estimate of drug-likeness (QED) is 0.675. The molecule has 0 saturated carbocycles. The van der Waals surface area contributed by atoms with Gasteiger partial charge in [0.1, 0.15) is 6.10 Å². The number of pyridine rings is 1. The number of esters is 1. The molecule has 4 rings (SSSR count). The van der Waals surface area contributed by atoms with Crippen LogP contribution in [0.15, 0.2) is 24.5 Å². The molecule has 1 unspecified atom stereocenters. The van der Waals surface area contributed by atoms with E-state index in [0.717, 1.165) is 44.5 Å². The minimum atomic E-state index is -0.372. The number of piperidine rings is 1. The lowest BCUT2D eigenvalue weighted by Crippen LogP contribution is -2.47. The third-order valence-electron chi connectivity index (χ3n) is 6.64. The van der Waals surface area contributed by atoms with Crippen LogP contribution in [-0.4, -0.2) is 84.0 Å². The molecule has 0 N–H and O–H groups in total. The Morgan fingerprint density at radius 2 is 2.03 bits per heavy atom. The highest BCUT2D eigenvalue weighted by molar-refractivity contribution is 5.81. The Morgan fingerprint density at radius 1 is 1.28 bits per heavy atom. The van der Waals surface area contributed by atoms with Crippen molar-refractivity contribution in [2.24, 2.45) is 5.41 Å². The van der Waals surface area contributed by atoms with Crippen molar-refractivity contribution in [3.63, 3.8) is 0 Å². The molecule has 3 aliphatic heterocycles. The van der Waals surface area contributed by atoms with Gasteiger partial charge in [0.15, 0.2) is 0 Å². The van der Waals surface area contributed by atoms with Gasteiger partial charge in [-0.15, -0.1) is 0 Å². The lowest BCUT2D eigenvalue weighted by Gasteiger charge is -2.37. The average Bonchev–Trinajstić information content (AvgIpc) is 3.31. The number of hydrogen-bond acceptors (Lipinski definition) is 6. The van der Waals surface area contributed by atoms with Crippen molar-refractivity contribution >= 4 is 11.9 Å². The highest BCUT2D eigenvalue weighted by Crippen LogP contribution is 2.43. The fraction of sp³-hybridized carbons (Fsp3) is 0.682. The highest BCUT2D eigenvalue weighted by atomic mass is 16.6. The number of amides is 1. The molecule has 3 fully saturated rings. The van der Waals surface area contributed by atoms with Crippen LogP contribution < -0.4 is 0 Å².